The Morgan fingerprint density at radius 3 is 2.24 bits per heavy atom. The first kappa shape index (κ1) is 19.1. The molecule has 132 valence electrons. The van der Waals surface area contributed by atoms with Crippen LogP contribution in [0.5, 0.6) is 0 Å². The van der Waals surface area contributed by atoms with Crippen molar-refractivity contribution in [2.45, 2.75) is 38.8 Å². The molecule has 0 spiro atoms. The second kappa shape index (κ2) is 8.76. The van der Waals surface area contributed by atoms with E-state index in [4.69, 9.17) is 4.74 Å². The van der Waals surface area contributed by atoms with Crippen molar-refractivity contribution in [2.24, 2.45) is 0 Å². The van der Waals surface area contributed by atoms with Gasteiger partial charge >= 0.3 is 5.97 Å². The summed E-state index contributed by atoms with van der Waals surface area (Å²) in [7, 11) is 0. The number of aryl methyl sites for hydroxylation is 2. The average Bonchev–Trinajstić information content (AvgIpc) is 2.57. The van der Waals surface area contributed by atoms with E-state index in [1.54, 1.807) is 12.1 Å². The van der Waals surface area contributed by atoms with Gasteiger partial charge in [0, 0.05) is 17.0 Å². The third-order valence-corrected chi connectivity index (χ3v) is 4.37. The first-order chi connectivity index (χ1) is 11.8. The van der Waals surface area contributed by atoms with Crippen molar-refractivity contribution in [3.8, 4) is 0 Å². The van der Waals surface area contributed by atoms with Gasteiger partial charge in [-0.25, -0.2) is 9.97 Å². The molecule has 0 aliphatic rings. The Morgan fingerprint density at radius 1 is 1.08 bits per heavy atom. The maximum Gasteiger partial charge on any atom is 0.316 e. The first-order valence-corrected chi connectivity index (χ1v) is 9.07. The highest BCUT2D eigenvalue weighted by atomic mass is 32.2. The van der Waals surface area contributed by atoms with Gasteiger partial charge in [0.05, 0.1) is 5.75 Å². The lowest BCUT2D eigenvalue weighted by atomic mass is 10.0. The second-order valence-corrected chi connectivity index (χ2v) is 7.03. The zero-order chi connectivity index (χ0) is 18.4. The number of ether oxygens (including phenoxy) is 1. The summed E-state index contributed by atoms with van der Waals surface area (Å²) in [6, 6.07) is 9.25. The van der Waals surface area contributed by atoms with Crippen molar-refractivity contribution in [2.75, 3.05) is 12.4 Å². The van der Waals surface area contributed by atoms with E-state index in [9.17, 15) is 9.59 Å². The largest absolute Gasteiger partial charge is 0.457 e. The van der Waals surface area contributed by atoms with Gasteiger partial charge in [-0.05, 0) is 31.4 Å². The van der Waals surface area contributed by atoms with Crippen LogP contribution in [0.1, 0.15) is 47.1 Å². The number of rotatable bonds is 7. The third kappa shape index (κ3) is 5.98. The fraction of sp³-hybridized carbons (Fsp3) is 0.368. The summed E-state index contributed by atoms with van der Waals surface area (Å²) in [6.07, 6.45) is 0. The van der Waals surface area contributed by atoms with Gasteiger partial charge in [-0.3, -0.25) is 9.59 Å². The van der Waals surface area contributed by atoms with E-state index in [-0.39, 0.29) is 18.1 Å². The van der Waals surface area contributed by atoms with E-state index in [1.807, 2.05) is 32.0 Å². The average molecular weight is 358 g/mol. The Labute approximate surface area is 152 Å². The van der Waals surface area contributed by atoms with Gasteiger partial charge in [0.25, 0.3) is 0 Å². The van der Waals surface area contributed by atoms with Crippen LogP contribution in [-0.4, -0.2) is 34.1 Å². The van der Waals surface area contributed by atoms with Gasteiger partial charge in [0.1, 0.15) is 0 Å². The Kier molecular flexibility index (Phi) is 6.70. The van der Waals surface area contributed by atoms with Crippen molar-refractivity contribution < 1.29 is 14.3 Å². The molecule has 0 saturated carbocycles. The highest BCUT2D eigenvalue weighted by Crippen LogP contribution is 2.16. The molecule has 6 heteroatoms. The second-order valence-electron chi connectivity index (χ2n) is 6.08. The normalized spacial score (nSPS) is 10.8. The van der Waals surface area contributed by atoms with Crippen LogP contribution in [0.4, 0.5) is 0 Å². The summed E-state index contributed by atoms with van der Waals surface area (Å²) in [6.45, 7) is 7.68. The van der Waals surface area contributed by atoms with Crippen LogP contribution >= 0.6 is 11.8 Å². The van der Waals surface area contributed by atoms with Crippen LogP contribution in [0.2, 0.25) is 0 Å². The number of hydrogen-bond donors (Lipinski definition) is 0. The predicted molar refractivity (Wildman–Crippen MR) is 98.1 cm³/mol. The molecule has 0 bridgehead atoms. The summed E-state index contributed by atoms with van der Waals surface area (Å²) >= 11 is 1.20. The van der Waals surface area contributed by atoms with Gasteiger partial charge in [-0.15, -0.1) is 0 Å². The van der Waals surface area contributed by atoms with Crippen LogP contribution < -0.4 is 0 Å². The lowest BCUT2D eigenvalue weighted by molar-refractivity contribution is -0.139. The summed E-state index contributed by atoms with van der Waals surface area (Å²) in [5, 5.41) is 0.532. The number of carbonyl (C=O) groups is 2. The van der Waals surface area contributed by atoms with Crippen molar-refractivity contribution in [1.29, 1.82) is 0 Å². The van der Waals surface area contributed by atoms with Crippen molar-refractivity contribution in [3.05, 3.63) is 52.8 Å². The quantitative estimate of drug-likeness (QED) is 0.325. The molecule has 0 radical (unpaired) electrons. The van der Waals surface area contributed by atoms with E-state index in [0.717, 1.165) is 11.4 Å². The Morgan fingerprint density at radius 2 is 1.68 bits per heavy atom. The summed E-state index contributed by atoms with van der Waals surface area (Å²) in [4.78, 5) is 32.4. The van der Waals surface area contributed by atoms with E-state index >= 15 is 0 Å². The van der Waals surface area contributed by atoms with E-state index < -0.39 is 5.97 Å². The fourth-order valence-electron chi connectivity index (χ4n) is 2.21. The van der Waals surface area contributed by atoms with E-state index in [2.05, 4.69) is 23.8 Å². The number of ketones is 1. The molecule has 2 rings (SSSR count). The molecular formula is C19H22N2O3S. The molecule has 5 nitrogen and oxygen atoms in total. The number of esters is 1. The molecule has 25 heavy (non-hydrogen) atoms. The van der Waals surface area contributed by atoms with Gasteiger partial charge in [-0.2, -0.15) is 0 Å². The van der Waals surface area contributed by atoms with Crippen LogP contribution in [0.25, 0.3) is 0 Å². The zero-order valence-electron chi connectivity index (χ0n) is 14.9. The Balaban J connectivity index is 1.81. The predicted octanol–water partition coefficient (Wildman–Crippen LogP) is 3.74. The number of Topliss-reactive ketones (excluding diaryl/α,β-unsaturated/α-hetero) is 1. The van der Waals surface area contributed by atoms with Crippen LogP contribution in [-0.2, 0) is 9.53 Å². The number of benzene rings is 1. The number of nitrogens with zero attached hydrogens (tertiary/aromatic N) is 2. The van der Waals surface area contributed by atoms with Crippen LogP contribution in [0.15, 0.2) is 35.5 Å². The molecular weight excluding hydrogens is 336 g/mol. The number of thioether (sulfide) groups is 1. The first-order valence-electron chi connectivity index (χ1n) is 8.09. The molecule has 0 atom stereocenters. The smallest absolute Gasteiger partial charge is 0.316 e. The van der Waals surface area contributed by atoms with Crippen molar-refractivity contribution >= 4 is 23.5 Å². The lowest BCUT2D eigenvalue weighted by Crippen LogP contribution is -2.15. The van der Waals surface area contributed by atoms with Gasteiger partial charge in [0.2, 0.25) is 0 Å². The minimum atomic E-state index is -0.458. The molecule has 0 aliphatic heterocycles. The molecule has 1 heterocycles. The highest BCUT2D eigenvalue weighted by Gasteiger charge is 2.12. The van der Waals surface area contributed by atoms with Crippen molar-refractivity contribution in [3.63, 3.8) is 0 Å². The molecule has 0 N–H and O–H groups in total. The fourth-order valence-corrected chi connectivity index (χ4v) is 2.95. The zero-order valence-corrected chi connectivity index (χ0v) is 15.7. The van der Waals surface area contributed by atoms with Gasteiger partial charge in [-0.1, -0.05) is 49.9 Å². The van der Waals surface area contributed by atoms with Crippen molar-refractivity contribution in [1.82, 2.24) is 9.97 Å². The lowest BCUT2D eigenvalue weighted by Gasteiger charge is -2.07. The SMILES string of the molecule is Cc1cc(C)nc(SCC(=O)OCC(=O)c2ccc(C(C)C)cc2)n1. The number of aromatic nitrogens is 2. The topological polar surface area (TPSA) is 69.2 Å². The third-order valence-electron chi connectivity index (χ3n) is 3.54. The minimum absolute atomic E-state index is 0.0719. The summed E-state index contributed by atoms with van der Waals surface area (Å²) < 4.78 is 5.05. The molecule has 1 aromatic carbocycles. The number of hydrogen-bond acceptors (Lipinski definition) is 6. The molecule has 2 aromatic rings. The Hall–Kier alpha value is -2.21. The molecule has 0 unspecified atom stereocenters. The Bertz CT molecular complexity index is 738. The standard InChI is InChI=1S/C19H22N2O3S/c1-12(2)15-5-7-16(8-6-15)17(22)10-24-18(23)11-25-19-20-13(3)9-14(4)21-19/h5-9,12H,10-11H2,1-4H3. The molecule has 0 saturated heterocycles. The highest BCUT2D eigenvalue weighted by molar-refractivity contribution is 7.99. The molecule has 0 aliphatic carbocycles. The monoisotopic (exact) mass is 358 g/mol. The van der Waals surface area contributed by atoms with E-state index in [1.165, 1.54) is 17.3 Å². The van der Waals surface area contributed by atoms with Crippen LogP contribution in [0, 0.1) is 13.8 Å². The minimum Gasteiger partial charge on any atom is -0.457 e. The van der Waals surface area contributed by atoms with Gasteiger partial charge < -0.3 is 4.74 Å². The maximum absolute atomic E-state index is 12.1. The van der Waals surface area contributed by atoms with Crippen LogP contribution in [0.3, 0.4) is 0 Å². The maximum atomic E-state index is 12.1. The molecule has 1 aromatic heterocycles. The van der Waals surface area contributed by atoms with Gasteiger partial charge in [0.15, 0.2) is 17.5 Å². The summed E-state index contributed by atoms with van der Waals surface area (Å²) in [5.41, 5.74) is 3.41. The molecule has 0 fully saturated rings. The number of carbonyl (C=O) groups excluding carboxylic acids is 2. The summed E-state index contributed by atoms with van der Waals surface area (Å²) in [5.74, 6) is -0.190. The van der Waals surface area contributed by atoms with E-state index in [0.29, 0.717) is 16.6 Å². The molecule has 0 amide bonds.